The van der Waals surface area contributed by atoms with Crippen LogP contribution >= 0.6 is 11.8 Å². The minimum atomic E-state index is -0.242. The first-order chi connectivity index (χ1) is 13.6. The van der Waals surface area contributed by atoms with Crippen LogP contribution < -0.4 is 10.2 Å². The lowest BCUT2D eigenvalue weighted by molar-refractivity contribution is -0.909. The fourth-order valence-electron chi connectivity index (χ4n) is 3.26. The molecule has 0 aliphatic carbocycles. The van der Waals surface area contributed by atoms with Crippen molar-refractivity contribution >= 4 is 17.7 Å². The first-order valence-corrected chi connectivity index (χ1v) is 10.7. The van der Waals surface area contributed by atoms with Crippen LogP contribution in [0.4, 0.5) is 4.39 Å². The fourth-order valence-corrected chi connectivity index (χ4v) is 4.11. The predicted octanol–water partition coefficient (Wildman–Crippen LogP) is 2.39. The Bertz CT molecular complexity index is 746. The molecule has 1 atom stereocenters. The molecular formula is C22H28FN2O2S+. The van der Waals surface area contributed by atoms with Gasteiger partial charge in [-0.25, -0.2) is 4.39 Å². The SMILES string of the molecule is Cc1ccc([C@@H](C[NH+]2CCOCC2)NC(=O)CCSc2ccc(F)cc2)cc1. The average molecular weight is 404 g/mol. The Kier molecular flexibility index (Phi) is 7.89. The van der Waals surface area contributed by atoms with Crippen LogP contribution in [0.2, 0.25) is 0 Å². The normalized spacial score (nSPS) is 15.9. The summed E-state index contributed by atoms with van der Waals surface area (Å²) >= 11 is 1.57. The molecule has 0 bridgehead atoms. The molecule has 28 heavy (non-hydrogen) atoms. The summed E-state index contributed by atoms with van der Waals surface area (Å²) in [5.74, 6) is 0.476. The van der Waals surface area contributed by atoms with Gasteiger partial charge in [-0.1, -0.05) is 29.8 Å². The molecule has 0 unspecified atom stereocenters. The van der Waals surface area contributed by atoms with Gasteiger partial charge in [0.2, 0.25) is 5.91 Å². The molecule has 1 heterocycles. The molecule has 2 N–H and O–H groups in total. The Morgan fingerprint density at radius 1 is 1.14 bits per heavy atom. The summed E-state index contributed by atoms with van der Waals surface area (Å²) in [7, 11) is 0. The van der Waals surface area contributed by atoms with Crippen molar-refractivity contribution in [2.75, 3.05) is 38.6 Å². The van der Waals surface area contributed by atoms with E-state index in [1.165, 1.54) is 22.6 Å². The number of quaternary nitrogens is 1. The first-order valence-electron chi connectivity index (χ1n) is 9.76. The number of aryl methyl sites for hydroxylation is 1. The summed E-state index contributed by atoms with van der Waals surface area (Å²) in [6.07, 6.45) is 0.433. The van der Waals surface area contributed by atoms with Crippen molar-refractivity contribution in [3.63, 3.8) is 0 Å². The molecule has 0 spiro atoms. The van der Waals surface area contributed by atoms with E-state index in [1.807, 2.05) is 0 Å². The van der Waals surface area contributed by atoms with Crippen LogP contribution in [0.1, 0.15) is 23.6 Å². The first kappa shape index (κ1) is 20.8. The summed E-state index contributed by atoms with van der Waals surface area (Å²) < 4.78 is 18.4. The van der Waals surface area contributed by atoms with Crippen LogP contribution in [0.5, 0.6) is 0 Å². The van der Waals surface area contributed by atoms with Crippen LogP contribution in [-0.2, 0) is 9.53 Å². The van der Waals surface area contributed by atoms with Crippen molar-refractivity contribution < 1.29 is 18.8 Å². The highest BCUT2D eigenvalue weighted by Gasteiger charge is 2.22. The number of ether oxygens (including phenoxy) is 1. The molecule has 1 saturated heterocycles. The largest absolute Gasteiger partial charge is 0.370 e. The van der Waals surface area contributed by atoms with E-state index in [-0.39, 0.29) is 17.8 Å². The standard InChI is InChI=1S/C22H27FN2O2S/c1-17-2-4-18(5-3-17)21(16-25-11-13-27-14-12-25)24-22(26)10-15-28-20-8-6-19(23)7-9-20/h2-9,21H,10-16H2,1H3,(H,24,26)/p+1/t21-/m1/s1. The van der Waals surface area contributed by atoms with Crippen LogP contribution in [0.15, 0.2) is 53.4 Å². The van der Waals surface area contributed by atoms with Crippen molar-refractivity contribution in [2.45, 2.75) is 24.3 Å². The van der Waals surface area contributed by atoms with Crippen molar-refractivity contribution in [1.82, 2.24) is 5.32 Å². The Balaban J connectivity index is 1.55. The Hall–Kier alpha value is -1.89. The van der Waals surface area contributed by atoms with Gasteiger partial charge in [-0.2, -0.15) is 0 Å². The number of thioether (sulfide) groups is 1. The number of amides is 1. The van der Waals surface area contributed by atoms with Gasteiger partial charge in [0.25, 0.3) is 0 Å². The second kappa shape index (κ2) is 10.6. The van der Waals surface area contributed by atoms with Crippen molar-refractivity contribution in [2.24, 2.45) is 0 Å². The number of hydrogen-bond donors (Lipinski definition) is 2. The quantitative estimate of drug-likeness (QED) is 0.665. The lowest BCUT2D eigenvalue weighted by Gasteiger charge is -2.28. The third-order valence-electron chi connectivity index (χ3n) is 4.92. The average Bonchev–Trinajstić information content (AvgIpc) is 2.70. The van der Waals surface area contributed by atoms with E-state index >= 15 is 0 Å². The third kappa shape index (κ3) is 6.62. The number of carbonyl (C=O) groups excluding carboxylic acids is 1. The summed E-state index contributed by atoms with van der Waals surface area (Å²) in [5.41, 5.74) is 2.35. The van der Waals surface area contributed by atoms with Gasteiger partial charge >= 0.3 is 0 Å². The molecule has 1 amide bonds. The zero-order valence-corrected chi connectivity index (χ0v) is 17.1. The maximum Gasteiger partial charge on any atom is 0.221 e. The molecule has 1 aliphatic rings. The number of nitrogens with one attached hydrogen (secondary N) is 2. The number of carbonyl (C=O) groups is 1. The van der Waals surface area contributed by atoms with Gasteiger partial charge in [-0.05, 0) is 36.8 Å². The van der Waals surface area contributed by atoms with Gasteiger partial charge in [-0.3, -0.25) is 4.79 Å². The highest BCUT2D eigenvalue weighted by Crippen LogP contribution is 2.19. The fraction of sp³-hybridized carbons (Fsp3) is 0.409. The molecule has 150 valence electrons. The van der Waals surface area contributed by atoms with Crippen LogP contribution in [-0.4, -0.2) is 44.5 Å². The lowest BCUT2D eigenvalue weighted by atomic mass is 10.0. The molecule has 2 aromatic rings. The van der Waals surface area contributed by atoms with E-state index < -0.39 is 0 Å². The van der Waals surface area contributed by atoms with Crippen molar-refractivity contribution in [3.05, 3.63) is 65.5 Å². The zero-order chi connectivity index (χ0) is 19.8. The number of hydrogen-bond acceptors (Lipinski definition) is 3. The highest BCUT2D eigenvalue weighted by atomic mass is 32.2. The molecule has 6 heteroatoms. The van der Waals surface area contributed by atoms with E-state index in [0.29, 0.717) is 12.2 Å². The summed E-state index contributed by atoms with van der Waals surface area (Å²) in [6.45, 7) is 6.42. The van der Waals surface area contributed by atoms with E-state index in [9.17, 15) is 9.18 Å². The minimum absolute atomic E-state index is 0.00276. The predicted molar refractivity (Wildman–Crippen MR) is 110 cm³/mol. The molecule has 1 aliphatic heterocycles. The van der Waals surface area contributed by atoms with Gasteiger partial charge in [0.05, 0.1) is 13.2 Å². The van der Waals surface area contributed by atoms with Gasteiger partial charge in [0.15, 0.2) is 0 Å². The number of rotatable bonds is 8. The molecule has 4 nitrogen and oxygen atoms in total. The van der Waals surface area contributed by atoms with Gasteiger partial charge < -0.3 is 15.0 Å². The van der Waals surface area contributed by atoms with Crippen molar-refractivity contribution in [3.8, 4) is 0 Å². The molecule has 3 rings (SSSR count). The third-order valence-corrected chi connectivity index (χ3v) is 5.93. The van der Waals surface area contributed by atoms with Crippen LogP contribution in [0.25, 0.3) is 0 Å². The van der Waals surface area contributed by atoms with E-state index in [4.69, 9.17) is 4.74 Å². The molecule has 2 aromatic carbocycles. The van der Waals surface area contributed by atoms with Crippen LogP contribution in [0, 0.1) is 12.7 Å². The molecule has 1 fully saturated rings. The second-order valence-electron chi connectivity index (χ2n) is 7.15. The Labute approximate surface area is 170 Å². The molecule has 0 radical (unpaired) electrons. The Morgan fingerprint density at radius 2 is 1.82 bits per heavy atom. The maximum absolute atomic E-state index is 13.0. The number of halogens is 1. The van der Waals surface area contributed by atoms with Gasteiger partial charge in [0.1, 0.15) is 31.5 Å². The summed E-state index contributed by atoms with van der Waals surface area (Å²) in [5, 5.41) is 3.22. The smallest absolute Gasteiger partial charge is 0.221 e. The topological polar surface area (TPSA) is 42.8 Å². The zero-order valence-electron chi connectivity index (χ0n) is 16.2. The molecule has 0 saturated carbocycles. The van der Waals surface area contributed by atoms with E-state index in [2.05, 4.69) is 36.5 Å². The maximum atomic E-state index is 13.0. The molecule has 0 aromatic heterocycles. The van der Waals surface area contributed by atoms with Crippen molar-refractivity contribution in [1.29, 1.82) is 0 Å². The van der Waals surface area contributed by atoms with Gasteiger partial charge in [-0.15, -0.1) is 11.8 Å². The van der Waals surface area contributed by atoms with E-state index in [0.717, 1.165) is 43.3 Å². The minimum Gasteiger partial charge on any atom is -0.370 e. The van der Waals surface area contributed by atoms with Gasteiger partial charge in [0, 0.05) is 17.1 Å². The monoisotopic (exact) mass is 403 g/mol. The Morgan fingerprint density at radius 3 is 2.50 bits per heavy atom. The number of morpholine rings is 1. The lowest BCUT2D eigenvalue weighted by Crippen LogP contribution is -3.14. The summed E-state index contributed by atoms with van der Waals surface area (Å²) in [4.78, 5) is 15.0. The number of benzene rings is 2. The summed E-state index contributed by atoms with van der Waals surface area (Å²) in [6, 6.07) is 14.8. The highest BCUT2D eigenvalue weighted by molar-refractivity contribution is 7.99. The van der Waals surface area contributed by atoms with Crippen LogP contribution in [0.3, 0.4) is 0 Å². The molecular weight excluding hydrogens is 375 g/mol. The second-order valence-corrected chi connectivity index (χ2v) is 8.32. The van der Waals surface area contributed by atoms with E-state index in [1.54, 1.807) is 23.9 Å².